The van der Waals surface area contributed by atoms with Gasteiger partial charge in [-0.05, 0) is 25.8 Å². The molecule has 0 fully saturated rings. The molecule has 98 valence electrons. The van der Waals surface area contributed by atoms with Crippen molar-refractivity contribution in [3.63, 3.8) is 0 Å². The van der Waals surface area contributed by atoms with E-state index in [0.29, 0.717) is 0 Å². The predicted octanol–water partition coefficient (Wildman–Crippen LogP) is 2.54. The summed E-state index contributed by atoms with van der Waals surface area (Å²) in [4.78, 5) is 2.47. The van der Waals surface area contributed by atoms with Crippen LogP contribution in [0.4, 0.5) is 0 Å². The summed E-state index contributed by atoms with van der Waals surface area (Å²) in [6.45, 7) is 5.01. The van der Waals surface area contributed by atoms with Crippen molar-refractivity contribution in [3.8, 4) is 0 Å². The molecule has 0 aromatic carbocycles. The fourth-order valence-corrected chi connectivity index (χ4v) is 1.99. The van der Waals surface area contributed by atoms with E-state index in [-0.39, 0.29) is 0 Å². The molecule has 3 nitrogen and oxygen atoms in total. The van der Waals surface area contributed by atoms with E-state index in [1.807, 2.05) is 0 Å². The molecule has 0 aliphatic heterocycles. The van der Waals surface area contributed by atoms with Crippen LogP contribution in [0.2, 0.25) is 0 Å². The fraction of sp³-hybridized carbons (Fsp3) is 1.00. The van der Waals surface area contributed by atoms with E-state index in [4.69, 9.17) is 9.47 Å². The second kappa shape index (κ2) is 13.4. The van der Waals surface area contributed by atoms with Gasteiger partial charge in [0, 0.05) is 39.2 Å². The van der Waals surface area contributed by atoms with Gasteiger partial charge < -0.3 is 14.4 Å². The van der Waals surface area contributed by atoms with Crippen molar-refractivity contribution in [1.82, 2.24) is 4.90 Å². The number of ether oxygens (including phenoxy) is 2. The zero-order valence-electron chi connectivity index (χ0n) is 10.7. The van der Waals surface area contributed by atoms with Gasteiger partial charge in [0.25, 0.3) is 0 Å². The van der Waals surface area contributed by atoms with Crippen LogP contribution in [-0.4, -0.2) is 57.3 Å². The molecule has 0 radical (unpaired) electrons. The van der Waals surface area contributed by atoms with E-state index in [0.717, 1.165) is 38.1 Å². The Morgan fingerprint density at radius 3 is 2.12 bits per heavy atom. The molecular weight excluding hydrogens is 270 g/mol. The Morgan fingerprint density at radius 1 is 0.812 bits per heavy atom. The van der Waals surface area contributed by atoms with Gasteiger partial charge in [-0.15, -0.1) is 0 Å². The van der Waals surface area contributed by atoms with Gasteiger partial charge in [-0.25, -0.2) is 0 Å². The highest BCUT2D eigenvalue weighted by Crippen LogP contribution is 2.02. The molecule has 0 aromatic heterocycles. The molecule has 0 heterocycles. The SMILES string of the molecule is COCCCN(CCCCCBr)CCOC. The number of alkyl halides is 1. The lowest BCUT2D eigenvalue weighted by Gasteiger charge is -2.21. The van der Waals surface area contributed by atoms with E-state index in [9.17, 15) is 0 Å². The zero-order valence-corrected chi connectivity index (χ0v) is 12.3. The average molecular weight is 296 g/mol. The first kappa shape index (κ1) is 16.4. The quantitative estimate of drug-likeness (QED) is 0.408. The van der Waals surface area contributed by atoms with E-state index in [2.05, 4.69) is 20.8 Å². The first-order chi connectivity index (χ1) is 7.85. The number of methoxy groups -OCH3 is 2. The van der Waals surface area contributed by atoms with Crippen molar-refractivity contribution in [1.29, 1.82) is 0 Å². The van der Waals surface area contributed by atoms with Gasteiger partial charge in [0.05, 0.1) is 6.61 Å². The van der Waals surface area contributed by atoms with Crippen LogP contribution in [0.25, 0.3) is 0 Å². The second-order valence-electron chi connectivity index (χ2n) is 3.93. The van der Waals surface area contributed by atoms with E-state index in [1.165, 1.54) is 25.8 Å². The molecule has 0 aliphatic carbocycles. The maximum atomic E-state index is 5.13. The smallest absolute Gasteiger partial charge is 0.0589 e. The summed E-state index contributed by atoms with van der Waals surface area (Å²) in [5, 5.41) is 1.12. The molecule has 0 bridgehead atoms. The van der Waals surface area contributed by atoms with Crippen molar-refractivity contribution < 1.29 is 9.47 Å². The van der Waals surface area contributed by atoms with Gasteiger partial charge in [0.2, 0.25) is 0 Å². The van der Waals surface area contributed by atoms with Crippen LogP contribution in [0, 0.1) is 0 Å². The lowest BCUT2D eigenvalue weighted by atomic mass is 10.2. The molecule has 0 unspecified atom stereocenters. The standard InChI is InChI=1S/C12H26BrNO2/c1-15-11-6-9-14(10-12-16-2)8-5-3-4-7-13/h3-12H2,1-2H3. The highest BCUT2D eigenvalue weighted by Gasteiger charge is 2.03. The fourth-order valence-electron chi connectivity index (χ4n) is 1.59. The Morgan fingerprint density at radius 2 is 1.50 bits per heavy atom. The van der Waals surface area contributed by atoms with Crippen LogP contribution in [0.5, 0.6) is 0 Å². The Hall–Kier alpha value is 0.360. The molecule has 0 atom stereocenters. The summed E-state index contributed by atoms with van der Waals surface area (Å²) >= 11 is 3.46. The van der Waals surface area contributed by atoms with E-state index >= 15 is 0 Å². The molecule has 16 heavy (non-hydrogen) atoms. The topological polar surface area (TPSA) is 21.7 Å². The van der Waals surface area contributed by atoms with E-state index in [1.54, 1.807) is 14.2 Å². The summed E-state index contributed by atoms with van der Waals surface area (Å²) in [5.74, 6) is 0. The predicted molar refractivity (Wildman–Crippen MR) is 72.5 cm³/mol. The van der Waals surface area contributed by atoms with Gasteiger partial charge in [-0.3, -0.25) is 0 Å². The first-order valence-corrected chi connectivity index (χ1v) is 7.23. The number of halogens is 1. The van der Waals surface area contributed by atoms with Crippen LogP contribution in [-0.2, 0) is 9.47 Å². The van der Waals surface area contributed by atoms with Gasteiger partial charge in [0.15, 0.2) is 0 Å². The van der Waals surface area contributed by atoms with Gasteiger partial charge >= 0.3 is 0 Å². The largest absolute Gasteiger partial charge is 0.385 e. The summed E-state index contributed by atoms with van der Waals surface area (Å²) in [6.07, 6.45) is 4.97. The Kier molecular flexibility index (Phi) is 13.7. The maximum Gasteiger partial charge on any atom is 0.0589 e. The summed E-state index contributed by atoms with van der Waals surface area (Å²) < 4.78 is 10.2. The first-order valence-electron chi connectivity index (χ1n) is 6.11. The monoisotopic (exact) mass is 295 g/mol. The second-order valence-corrected chi connectivity index (χ2v) is 4.72. The van der Waals surface area contributed by atoms with Crippen LogP contribution in [0.3, 0.4) is 0 Å². The summed E-state index contributed by atoms with van der Waals surface area (Å²) in [6, 6.07) is 0. The van der Waals surface area contributed by atoms with Gasteiger partial charge in [0.1, 0.15) is 0 Å². The maximum absolute atomic E-state index is 5.13. The lowest BCUT2D eigenvalue weighted by molar-refractivity contribution is 0.131. The van der Waals surface area contributed by atoms with Crippen LogP contribution < -0.4 is 0 Å². The molecular formula is C12H26BrNO2. The van der Waals surface area contributed by atoms with Crippen LogP contribution in [0.15, 0.2) is 0 Å². The Bertz CT molecular complexity index is 136. The molecule has 0 saturated carbocycles. The molecule has 0 amide bonds. The third-order valence-corrected chi connectivity index (χ3v) is 3.10. The number of rotatable bonds is 12. The highest BCUT2D eigenvalue weighted by atomic mass is 79.9. The van der Waals surface area contributed by atoms with Gasteiger partial charge in [-0.2, -0.15) is 0 Å². The van der Waals surface area contributed by atoms with Crippen molar-refractivity contribution in [2.24, 2.45) is 0 Å². The molecule has 0 N–H and O–H groups in total. The number of hydrogen-bond acceptors (Lipinski definition) is 3. The van der Waals surface area contributed by atoms with Crippen LogP contribution >= 0.6 is 15.9 Å². The highest BCUT2D eigenvalue weighted by molar-refractivity contribution is 9.09. The Balaban J connectivity index is 3.54. The molecule has 0 saturated heterocycles. The molecule has 0 aromatic rings. The number of nitrogens with zero attached hydrogens (tertiary/aromatic N) is 1. The lowest BCUT2D eigenvalue weighted by Crippen LogP contribution is -2.30. The Labute approximate surface area is 109 Å². The third-order valence-electron chi connectivity index (χ3n) is 2.54. The molecule has 0 rings (SSSR count). The summed E-state index contributed by atoms with van der Waals surface area (Å²) in [7, 11) is 3.52. The van der Waals surface area contributed by atoms with Crippen molar-refractivity contribution >= 4 is 15.9 Å². The number of unbranched alkanes of at least 4 members (excludes halogenated alkanes) is 2. The van der Waals surface area contributed by atoms with Crippen molar-refractivity contribution in [3.05, 3.63) is 0 Å². The molecule has 0 aliphatic rings. The average Bonchev–Trinajstić information content (AvgIpc) is 2.31. The normalized spacial score (nSPS) is 11.2. The van der Waals surface area contributed by atoms with Gasteiger partial charge in [-0.1, -0.05) is 22.4 Å². The van der Waals surface area contributed by atoms with Crippen molar-refractivity contribution in [2.75, 3.05) is 52.4 Å². The van der Waals surface area contributed by atoms with Crippen molar-refractivity contribution in [2.45, 2.75) is 25.7 Å². The molecule has 0 spiro atoms. The number of hydrogen-bond donors (Lipinski definition) is 0. The minimum Gasteiger partial charge on any atom is -0.385 e. The zero-order chi connectivity index (χ0) is 12.1. The minimum absolute atomic E-state index is 0.825. The van der Waals surface area contributed by atoms with E-state index < -0.39 is 0 Å². The summed E-state index contributed by atoms with van der Waals surface area (Å²) in [5.41, 5.74) is 0. The minimum atomic E-state index is 0.825. The third kappa shape index (κ3) is 10.9. The van der Waals surface area contributed by atoms with Crippen LogP contribution in [0.1, 0.15) is 25.7 Å². The molecule has 4 heteroatoms.